The summed E-state index contributed by atoms with van der Waals surface area (Å²) in [5.74, 6) is 1.45. The van der Waals surface area contributed by atoms with Crippen LogP contribution in [0.25, 0.3) is 5.65 Å². The van der Waals surface area contributed by atoms with E-state index in [0.29, 0.717) is 30.2 Å². The van der Waals surface area contributed by atoms with E-state index in [9.17, 15) is 4.79 Å². The van der Waals surface area contributed by atoms with E-state index < -0.39 is 0 Å². The molecule has 186 valence electrons. The lowest BCUT2D eigenvalue weighted by Crippen LogP contribution is -2.38. The van der Waals surface area contributed by atoms with Crippen LogP contribution in [0.3, 0.4) is 0 Å². The van der Waals surface area contributed by atoms with Crippen molar-refractivity contribution in [2.75, 3.05) is 44.8 Å². The molecule has 5 rings (SSSR count). The summed E-state index contributed by atoms with van der Waals surface area (Å²) in [5, 5.41) is 10.9. The molecule has 2 N–H and O–H groups in total. The average Bonchev–Trinajstić information content (AvgIpc) is 3.33. The number of rotatable bonds is 9. The predicted molar refractivity (Wildman–Crippen MR) is 134 cm³/mol. The fraction of sp³-hybridized carbons (Fsp3) is 0.500. The number of para-hydroxylation sites is 1. The minimum Gasteiger partial charge on any atom is -0.492 e. The number of nitrogens with zero attached hydrogens (tertiary/aromatic N) is 4. The highest BCUT2D eigenvalue weighted by molar-refractivity contribution is 5.99. The Balaban J connectivity index is 1.21. The number of nitrogens with one attached hydrogen (secondary N) is 2. The van der Waals surface area contributed by atoms with Gasteiger partial charge in [0.25, 0.3) is 5.91 Å². The molecule has 2 fully saturated rings. The number of ether oxygens (including phenoxy) is 2. The lowest BCUT2D eigenvalue weighted by Gasteiger charge is -2.26. The quantitative estimate of drug-likeness (QED) is 0.488. The summed E-state index contributed by atoms with van der Waals surface area (Å²) in [6.45, 7) is 5.57. The van der Waals surface area contributed by atoms with E-state index in [1.54, 1.807) is 10.7 Å². The van der Waals surface area contributed by atoms with Crippen LogP contribution in [-0.2, 0) is 11.3 Å². The molecular formula is C26H34N6O3. The van der Waals surface area contributed by atoms with Crippen LogP contribution in [0.1, 0.15) is 48.0 Å². The van der Waals surface area contributed by atoms with Gasteiger partial charge in [-0.2, -0.15) is 5.10 Å². The largest absolute Gasteiger partial charge is 0.492 e. The second-order valence-corrected chi connectivity index (χ2v) is 9.21. The molecule has 0 bridgehead atoms. The molecule has 35 heavy (non-hydrogen) atoms. The summed E-state index contributed by atoms with van der Waals surface area (Å²) >= 11 is 0. The van der Waals surface area contributed by atoms with Crippen LogP contribution < -0.4 is 15.4 Å². The number of fused-ring (bicyclic) bond motifs is 1. The van der Waals surface area contributed by atoms with Crippen molar-refractivity contribution in [3.63, 3.8) is 0 Å². The van der Waals surface area contributed by atoms with E-state index >= 15 is 0 Å². The van der Waals surface area contributed by atoms with Crippen LogP contribution in [0.2, 0.25) is 0 Å². The van der Waals surface area contributed by atoms with E-state index in [4.69, 9.17) is 9.47 Å². The Morgan fingerprint density at radius 1 is 1.11 bits per heavy atom. The number of anilines is 1. The van der Waals surface area contributed by atoms with Crippen LogP contribution in [-0.4, -0.2) is 70.9 Å². The maximum Gasteiger partial charge on any atom is 0.256 e. The van der Waals surface area contributed by atoms with Gasteiger partial charge in [0, 0.05) is 44.0 Å². The maximum atomic E-state index is 12.9. The molecule has 0 spiro atoms. The van der Waals surface area contributed by atoms with Gasteiger partial charge in [0.05, 0.1) is 19.4 Å². The van der Waals surface area contributed by atoms with Gasteiger partial charge in [-0.25, -0.2) is 9.50 Å². The van der Waals surface area contributed by atoms with Crippen molar-refractivity contribution >= 4 is 17.4 Å². The highest BCUT2D eigenvalue weighted by Gasteiger charge is 2.20. The third-order valence-electron chi connectivity index (χ3n) is 6.76. The van der Waals surface area contributed by atoms with Crippen molar-refractivity contribution in [1.82, 2.24) is 24.8 Å². The van der Waals surface area contributed by atoms with Gasteiger partial charge in [-0.05, 0) is 25.0 Å². The maximum absolute atomic E-state index is 12.9. The Bertz CT molecular complexity index is 1120. The monoisotopic (exact) mass is 478 g/mol. The average molecular weight is 479 g/mol. The zero-order valence-electron chi connectivity index (χ0n) is 20.1. The molecule has 1 aliphatic carbocycles. The summed E-state index contributed by atoms with van der Waals surface area (Å²) in [4.78, 5) is 19.9. The van der Waals surface area contributed by atoms with Gasteiger partial charge in [0.15, 0.2) is 5.65 Å². The van der Waals surface area contributed by atoms with Gasteiger partial charge < -0.3 is 20.1 Å². The Hall–Kier alpha value is -3.17. The highest BCUT2D eigenvalue weighted by atomic mass is 16.5. The van der Waals surface area contributed by atoms with Crippen LogP contribution in [0.5, 0.6) is 5.75 Å². The fourth-order valence-electron chi connectivity index (χ4n) is 4.72. The van der Waals surface area contributed by atoms with E-state index in [1.807, 2.05) is 30.5 Å². The van der Waals surface area contributed by atoms with Crippen LogP contribution in [0.15, 0.2) is 42.7 Å². The standard InChI is InChI=1S/C26H34N6O3/c33-26(29-21-7-2-1-3-8-21)22-19-28-32-11-10-24(30-25(22)32)27-18-20-6-4-5-9-23(20)35-17-14-31-12-15-34-16-13-31/h4-6,9-11,19,21H,1-3,7-8,12-18H2,(H,27,30)(H,29,33). The molecule has 9 heteroatoms. The number of aromatic nitrogens is 3. The Morgan fingerprint density at radius 2 is 1.94 bits per heavy atom. The fourth-order valence-corrected chi connectivity index (χ4v) is 4.72. The zero-order valence-corrected chi connectivity index (χ0v) is 20.1. The Morgan fingerprint density at radius 3 is 2.80 bits per heavy atom. The molecule has 1 saturated heterocycles. The zero-order chi connectivity index (χ0) is 23.9. The van der Waals surface area contributed by atoms with E-state index in [0.717, 1.165) is 57.0 Å². The van der Waals surface area contributed by atoms with Crippen molar-refractivity contribution in [2.45, 2.75) is 44.7 Å². The Kier molecular flexibility index (Phi) is 7.75. The third-order valence-corrected chi connectivity index (χ3v) is 6.76. The van der Waals surface area contributed by atoms with E-state index in [1.165, 1.54) is 19.3 Å². The smallest absolute Gasteiger partial charge is 0.256 e. The lowest BCUT2D eigenvalue weighted by molar-refractivity contribution is 0.0322. The normalized spacial score (nSPS) is 17.4. The van der Waals surface area contributed by atoms with Gasteiger partial charge in [-0.15, -0.1) is 0 Å². The Labute approximate surface area is 205 Å². The first-order chi connectivity index (χ1) is 17.3. The SMILES string of the molecule is O=C(NC1CCCCC1)c1cnn2ccc(NCc3ccccc3OCCN3CCOCC3)nc12. The molecule has 0 atom stereocenters. The topological polar surface area (TPSA) is 93.0 Å². The van der Waals surface area contributed by atoms with E-state index in [2.05, 4.69) is 31.7 Å². The van der Waals surface area contributed by atoms with Crippen molar-refractivity contribution in [2.24, 2.45) is 0 Å². The summed E-state index contributed by atoms with van der Waals surface area (Å²) in [6, 6.07) is 10.2. The number of hydrogen-bond donors (Lipinski definition) is 2. The number of hydrogen-bond acceptors (Lipinski definition) is 7. The number of morpholine rings is 1. The first kappa shape index (κ1) is 23.6. The third kappa shape index (κ3) is 6.10. The summed E-state index contributed by atoms with van der Waals surface area (Å²) in [5.41, 5.74) is 2.12. The second-order valence-electron chi connectivity index (χ2n) is 9.21. The first-order valence-electron chi connectivity index (χ1n) is 12.7. The van der Waals surface area contributed by atoms with Gasteiger partial charge >= 0.3 is 0 Å². The number of carbonyl (C=O) groups is 1. The van der Waals surface area contributed by atoms with Gasteiger partial charge in [-0.1, -0.05) is 37.5 Å². The molecule has 3 aromatic rings. The molecule has 1 amide bonds. The molecular weight excluding hydrogens is 444 g/mol. The molecule has 0 radical (unpaired) electrons. The van der Waals surface area contributed by atoms with Gasteiger partial charge in [-0.3, -0.25) is 9.69 Å². The van der Waals surface area contributed by atoms with Gasteiger partial charge in [0.2, 0.25) is 0 Å². The highest BCUT2D eigenvalue weighted by Crippen LogP contribution is 2.21. The van der Waals surface area contributed by atoms with Crippen LogP contribution >= 0.6 is 0 Å². The van der Waals surface area contributed by atoms with E-state index in [-0.39, 0.29) is 11.9 Å². The molecule has 0 unspecified atom stereocenters. The van der Waals surface area contributed by atoms with Crippen molar-refractivity contribution in [1.29, 1.82) is 0 Å². The molecule has 1 saturated carbocycles. The first-order valence-corrected chi connectivity index (χ1v) is 12.7. The second kappa shape index (κ2) is 11.5. The summed E-state index contributed by atoms with van der Waals surface area (Å²) in [6.07, 6.45) is 9.10. The summed E-state index contributed by atoms with van der Waals surface area (Å²) < 4.78 is 13.2. The molecule has 1 aromatic carbocycles. The number of benzene rings is 1. The predicted octanol–water partition coefficient (Wildman–Crippen LogP) is 3.11. The van der Waals surface area contributed by atoms with Crippen molar-refractivity contribution in [3.05, 3.63) is 53.9 Å². The molecule has 2 aliphatic rings. The molecule has 9 nitrogen and oxygen atoms in total. The number of amides is 1. The minimum atomic E-state index is -0.101. The lowest BCUT2D eigenvalue weighted by atomic mass is 9.95. The van der Waals surface area contributed by atoms with Crippen LogP contribution in [0.4, 0.5) is 5.82 Å². The summed E-state index contributed by atoms with van der Waals surface area (Å²) in [7, 11) is 0. The van der Waals surface area contributed by atoms with Crippen molar-refractivity contribution < 1.29 is 14.3 Å². The number of carbonyl (C=O) groups excluding carboxylic acids is 1. The van der Waals surface area contributed by atoms with Gasteiger partial charge in [0.1, 0.15) is 23.7 Å². The minimum absolute atomic E-state index is 0.101. The van der Waals surface area contributed by atoms with Crippen molar-refractivity contribution in [3.8, 4) is 5.75 Å². The molecule has 3 heterocycles. The molecule has 2 aromatic heterocycles. The van der Waals surface area contributed by atoms with Crippen LogP contribution in [0, 0.1) is 0 Å². The molecule has 1 aliphatic heterocycles.